The number of ether oxygens (including phenoxy) is 3. The zero-order chi connectivity index (χ0) is 19.4. The van der Waals surface area contributed by atoms with Crippen LogP contribution in [-0.4, -0.2) is 25.6 Å². The lowest BCUT2D eigenvalue weighted by Crippen LogP contribution is -2.05. The maximum atomic E-state index is 12.2. The molecule has 1 heterocycles. The summed E-state index contributed by atoms with van der Waals surface area (Å²) in [4.78, 5) is 16.5. The molecule has 0 aliphatic carbocycles. The molecule has 7 heteroatoms. The third-order valence-electron chi connectivity index (χ3n) is 3.72. The topological polar surface area (TPSA) is 57.1 Å². The van der Waals surface area contributed by atoms with Gasteiger partial charge in [0.05, 0.1) is 18.7 Å². The predicted octanol–water partition coefficient (Wildman–Crippen LogP) is 5.09. The second kappa shape index (κ2) is 8.75. The Morgan fingerprint density at radius 3 is 2.67 bits per heavy atom. The molecule has 1 aliphatic heterocycles. The van der Waals surface area contributed by atoms with Gasteiger partial charge in [0.15, 0.2) is 17.2 Å². The van der Waals surface area contributed by atoms with Crippen molar-refractivity contribution in [2.45, 2.75) is 13.3 Å². The van der Waals surface area contributed by atoms with Crippen LogP contribution in [0.25, 0.3) is 6.08 Å². The molecule has 0 aromatic heterocycles. The summed E-state index contributed by atoms with van der Waals surface area (Å²) in [6.07, 6.45) is 2.47. The van der Waals surface area contributed by atoms with E-state index in [-0.39, 0.29) is 11.6 Å². The molecule has 3 rings (SSSR count). The molecule has 1 aliphatic rings. The summed E-state index contributed by atoms with van der Waals surface area (Å²) < 4.78 is 17.4. The van der Waals surface area contributed by atoms with Gasteiger partial charge in [0.1, 0.15) is 0 Å². The Hall–Kier alpha value is -2.06. The minimum atomic E-state index is -0.509. The largest absolute Gasteiger partial charge is 0.493 e. The van der Waals surface area contributed by atoms with Crippen molar-refractivity contribution in [3.8, 4) is 11.5 Å². The summed E-state index contributed by atoms with van der Waals surface area (Å²) >= 11 is 8.53. The van der Waals surface area contributed by atoms with Crippen molar-refractivity contribution < 1.29 is 19.0 Å². The van der Waals surface area contributed by atoms with E-state index in [1.165, 1.54) is 7.11 Å². The molecule has 2 aromatic rings. The Bertz CT molecular complexity index is 922. The van der Waals surface area contributed by atoms with Crippen LogP contribution in [-0.2, 0) is 9.53 Å². The van der Waals surface area contributed by atoms with E-state index in [2.05, 4.69) is 27.6 Å². The molecule has 0 saturated heterocycles. The van der Waals surface area contributed by atoms with Crippen LogP contribution in [0.2, 0.25) is 5.02 Å². The van der Waals surface area contributed by atoms with E-state index < -0.39 is 5.97 Å². The van der Waals surface area contributed by atoms with Gasteiger partial charge in [0.25, 0.3) is 0 Å². The fourth-order valence-electron chi connectivity index (χ4n) is 2.45. The smallest absolute Gasteiger partial charge is 0.363 e. The van der Waals surface area contributed by atoms with E-state index in [0.717, 1.165) is 15.6 Å². The van der Waals surface area contributed by atoms with Crippen molar-refractivity contribution in [1.29, 1.82) is 0 Å². The summed E-state index contributed by atoms with van der Waals surface area (Å²) in [6, 6.07) is 11.0. The zero-order valence-electron chi connectivity index (χ0n) is 14.8. The number of hydrogen-bond acceptors (Lipinski definition) is 5. The first-order valence-corrected chi connectivity index (χ1v) is 9.76. The summed E-state index contributed by atoms with van der Waals surface area (Å²) in [5, 5.41) is 0.405. The minimum absolute atomic E-state index is 0.198. The molecule has 0 spiro atoms. The lowest BCUT2D eigenvalue weighted by Gasteiger charge is -2.12. The maximum absolute atomic E-state index is 12.2. The van der Waals surface area contributed by atoms with E-state index in [0.29, 0.717) is 28.7 Å². The lowest BCUT2D eigenvalue weighted by atomic mass is 10.1. The van der Waals surface area contributed by atoms with Crippen LogP contribution in [0, 0.1) is 3.57 Å². The Balaban J connectivity index is 1.92. The third-order valence-corrected chi connectivity index (χ3v) is 4.72. The Kier molecular flexibility index (Phi) is 6.38. The van der Waals surface area contributed by atoms with Gasteiger partial charge in [-0.25, -0.2) is 9.79 Å². The van der Waals surface area contributed by atoms with Crippen molar-refractivity contribution in [1.82, 2.24) is 0 Å². The van der Waals surface area contributed by atoms with E-state index in [1.807, 2.05) is 31.2 Å². The number of aliphatic imine (C=N–C) groups is 1. The van der Waals surface area contributed by atoms with E-state index in [1.54, 1.807) is 18.2 Å². The summed E-state index contributed by atoms with van der Waals surface area (Å²) in [7, 11) is 1.54. The van der Waals surface area contributed by atoms with Gasteiger partial charge in [0.2, 0.25) is 5.90 Å². The number of benzene rings is 2. The highest BCUT2D eigenvalue weighted by atomic mass is 127. The molecule has 0 atom stereocenters. The Labute approximate surface area is 176 Å². The number of carbonyl (C=O) groups excluding carboxylic acids is 1. The molecule has 0 unspecified atom stereocenters. The number of rotatable bonds is 6. The Morgan fingerprint density at radius 1 is 1.26 bits per heavy atom. The van der Waals surface area contributed by atoms with Gasteiger partial charge in [-0.05, 0) is 77.0 Å². The highest BCUT2D eigenvalue weighted by Gasteiger charge is 2.24. The van der Waals surface area contributed by atoms with Crippen molar-refractivity contribution in [3.05, 3.63) is 61.8 Å². The number of cyclic esters (lactones) is 1. The molecular weight excluding hydrogens is 481 g/mol. The van der Waals surface area contributed by atoms with Crippen molar-refractivity contribution in [3.63, 3.8) is 0 Å². The normalized spacial score (nSPS) is 14.9. The SMILES string of the molecule is CCCOc1c(Cl)cc(/C=C2\N=C(c3ccc(I)cc3)OC2=O)cc1OC. The van der Waals surface area contributed by atoms with E-state index >= 15 is 0 Å². The van der Waals surface area contributed by atoms with Gasteiger partial charge < -0.3 is 14.2 Å². The van der Waals surface area contributed by atoms with Gasteiger partial charge >= 0.3 is 5.97 Å². The molecule has 5 nitrogen and oxygen atoms in total. The number of nitrogens with zero attached hydrogens (tertiary/aromatic N) is 1. The van der Waals surface area contributed by atoms with Crippen LogP contribution >= 0.6 is 34.2 Å². The van der Waals surface area contributed by atoms with Crippen LogP contribution in [0.15, 0.2) is 47.1 Å². The van der Waals surface area contributed by atoms with Crippen molar-refractivity contribution >= 4 is 52.1 Å². The van der Waals surface area contributed by atoms with Crippen LogP contribution < -0.4 is 9.47 Å². The molecular formula is C20H17ClINO4. The summed E-state index contributed by atoms with van der Waals surface area (Å²) in [6.45, 7) is 2.54. The highest BCUT2D eigenvalue weighted by Crippen LogP contribution is 2.37. The second-order valence-corrected chi connectivity index (χ2v) is 7.38. The number of halogens is 2. The zero-order valence-corrected chi connectivity index (χ0v) is 17.7. The average molecular weight is 498 g/mol. The van der Waals surface area contributed by atoms with Gasteiger partial charge in [-0.2, -0.15) is 0 Å². The first-order chi connectivity index (χ1) is 13.0. The predicted molar refractivity (Wildman–Crippen MR) is 114 cm³/mol. The molecule has 0 radical (unpaired) electrons. The molecule has 0 saturated carbocycles. The molecule has 0 bridgehead atoms. The number of esters is 1. The second-order valence-electron chi connectivity index (χ2n) is 5.73. The molecule has 27 heavy (non-hydrogen) atoms. The lowest BCUT2D eigenvalue weighted by molar-refractivity contribution is -0.129. The molecule has 2 aromatic carbocycles. The van der Waals surface area contributed by atoms with Gasteiger partial charge in [0, 0.05) is 9.13 Å². The van der Waals surface area contributed by atoms with Crippen LogP contribution in [0.5, 0.6) is 11.5 Å². The maximum Gasteiger partial charge on any atom is 0.363 e. The number of hydrogen-bond donors (Lipinski definition) is 0. The Morgan fingerprint density at radius 2 is 2.00 bits per heavy atom. The summed E-state index contributed by atoms with van der Waals surface area (Å²) in [5.74, 6) is 0.754. The van der Waals surface area contributed by atoms with Gasteiger partial charge in [-0.1, -0.05) is 18.5 Å². The van der Waals surface area contributed by atoms with Crippen LogP contribution in [0.4, 0.5) is 0 Å². The van der Waals surface area contributed by atoms with E-state index in [9.17, 15) is 4.79 Å². The van der Waals surface area contributed by atoms with Gasteiger partial charge in [-0.15, -0.1) is 0 Å². The monoisotopic (exact) mass is 497 g/mol. The number of carbonyl (C=O) groups is 1. The standard InChI is InChI=1S/C20H17ClINO4/c1-3-8-26-18-15(21)9-12(11-17(18)25-2)10-16-20(24)27-19(23-16)13-4-6-14(22)7-5-13/h4-7,9-11H,3,8H2,1-2H3/b16-10-. The molecule has 0 fully saturated rings. The fraction of sp³-hybridized carbons (Fsp3) is 0.200. The first-order valence-electron chi connectivity index (χ1n) is 8.30. The number of methoxy groups -OCH3 is 1. The fourth-order valence-corrected chi connectivity index (χ4v) is 3.08. The highest BCUT2D eigenvalue weighted by molar-refractivity contribution is 14.1. The van der Waals surface area contributed by atoms with Crippen molar-refractivity contribution in [2.24, 2.45) is 4.99 Å². The first kappa shape index (κ1) is 19.7. The van der Waals surface area contributed by atoms with Crippen LogP contribution in [0.3, 0.4) is 0 Å². The van der Waals surface area contributed by atoms with E-state index in [4.69, 9.17) is 25.8 Å². The minimum Gasteiger partial charge on any atom is -0.493 e. The summed E-state index contributed by atoms with van der Waals surface area (Å²) in [5.41, 5.74) is 1.61. The van der Waals surface area contributed by atoms with Gasteiger partial charge in [-0.3, -0.25) is 0 Å². The van der Waals surface area contributed by atoms with Crippen LogP contribution in [0.1, 0.15) is 24.5 Å². The molecule has 0 amide bonds. The molecule has 0 N–H and O–H groups in total. The van der Waals surface area contributed by atoms with Crippen molar-refractivity contribution in [2.75, 3.05) is 13.7 Å². The quantitative estimate of drug-likeness (QED) is 0.317. The molecule has 140 valence electrons. The third kappa shape index (κ3) is 4.62. The average Bonchev–Trinajstić information content (AvgIpc) is 3.01.